The van der Waals surface area contributed by atoms with Crippen LogP contribution in [0.1, 0.15) is 0 Å². The third-order valence-corrected chi connectivity index (χ3v) is 2.48. The molecule has 2 aromatic rings. The molecule has 3 nitrogen and oxygen atoms in total. The van der Waals surface area contributed by atoms with Crippen LogP contribution in [0.15, 0.2) is 41.0 Å². The maximum atomic E-state index is 9.36. The number of hydrogen-bond acceptors (Lipinski definition) is 3. The maximum Gasteiger partial charge on any atom is 0.131 e. The first kappa shape index (κ1) is 9.98. The second-order valence-corrected chi connectivity index (χ2v) is 4.05. The first-order valence-corrected chi connectivity index (χ1v) is 5.16. The Labute approximate surface area is 95.7 Å². The number of phenolic OH excluding ortho intramolecular Hbond substituents is 1. The third-order valence-electron chi connectivity index (χ3n) is 2.04. The number of aromatic nitrogens is 1. The molecule has 15 heavy (non-hydrogen) atoms. The van der Waals surface area contributed by atoms with E-state index in [9.17, 15) is 5.11 Å². The minimum absolute atomic E-state index is 0.215. The minimum Gasteiger partial charge on any atom is -0.508 e. The van der Waals surface area contributed by atoms with Gasteiger partial charge in [0, 0.05) is 16.2 Å². The molecule has 0 aliphatic carbocycles. The van der Waals surface area contributed by atoms with E-state index in [1.54, 1.807) is 24.4 Å². The van der Waals surface area contributed by atoms with Gasteiger partial charge in [-0.25, -0.2) is 4.98 Å². The highest BCUT2D eigenvalue weighted by Crippen LogP contribution is 2.28. The van der Waals surface area contributed by atoms with E-state index in [2.05, 4.69) is 20.9 Å². The van der Waals surface area contributed by atoms with E-state index in [4.69, 9.17) is 5.73 Å². The lowest BCUT2D eigenvalue weighted by molar-refractivity contribution is 0.475. The molecule has 0 atom stereocenters. The summed E-state index contributed by atoms with van der Waals surface area (Å²) in [6.07, 6.45) is 1.64. The van der Waals surface area contributed by atoms with Gasteiger partial charge in [-0.2, -0.15) is 0 Å². The predicted octanol–water partition coefficient (Wildman–Crippen LogP) is 2.80. The number of benzene rings is 1. The van der Waals surface area contributed by atoms with Crippen molar-refractivity contribution in [1.29, 1.82) is 0 Å². The van der Waals surface area contributed by atoms with Crippen LogP contribution in [0.4, 0.5) is 5.82 Å². The number of nitrogen functional groups attached to an aromatic ring is 1. The third kappa shape index (κ3) is 2.10. The highest BCUT2D eigenvalue weighted by atomic mass is 79.9. The first-order valence-electron chi connectivity index (χ1n) is 4.37. The van der Waals surface area contributed by atoms with Gasteiger partial charge in [-0.15, -0.1) is 0 Å². The molecule has 0 radical (unpaired) electrons. The van der Waals surface area contributed by atoms with Gasteiger partial charge in [-0.05, 0) is 39.7 Å². The Bertz CT molecular complexity index is 500. The minimum atomic E-state index is 0.215. The van der Waals surface area contributed by atoms with Crippen molar-refractivity contribution in [2.45, 2.75) is 0 Å². The molecule has 1 aromatic carbocycles. The average molecular weight is 265 g/mol. The molecule has 0 unspecified atom stereocenters. The molecule has 0 amide bonds. The Morgan fingerprint density at radius 1 is 1.27 bits per heavy atom. The number of anilines is 1. The lowest BCUT2D eigenvalue weighted by Crippen LogP contribution is -1.93. The van der Waals surface area contributed by atoms with E-state index in [1.807, 2.05) is 12.1 Å². The second-order valence-electron chi connectivity index (χ2n) is 3.14. The summed E-state index contributed by atoms with van der Waals surface area (Å²) < 4.78 is 0.857. The summed E-state index contributed by atoms with van der Waals surface area (Å²) in [4.78, 5) is 4.03. The van der Waals surface area contributed by atoms with Crippen LogP contribution in [-0.2, 0) is 0 Å². The number of hydrogen-bond donors (Lipinski definition) is 2. The smallest absolute Gasteiger partial charge is 0.131 e. The standard InChI is InChI=1S/C11H9BrN2O/c12-8-5-10(11(13)14-6-8)7-2-1-3-9(15)4-7/h1-6,15H,(H2,13,14). The van der Waals surface area contributed by atoms with Crippen molar-refractivity contribution < 1.29 is 5.11 Å². The molecule has 0 bridgehead atoms. The molecule has 1 heterocycles. The summed E-state index contributed by atoms with van der Waals surface area (Å²) in [5.74, 6) is 0.663. The number of rotatable bonds is 1. The van der Waals surface area contributed by atoms with Crippen LogP contribution < -0.4 is 5.73 Å². The van der Waals surface area contributed by atoms with Gasteiger partial charge in [0.2, 0.25) is 0 Å². The van der Waals surface area contributed by atoms with Crippen molar-refractivity contribution in [1.82, 2.24) is 4.98 Å². The van der Waals surface area contributed by atoms with Gasteiger partial charge in [0.05, 0.1) is 0 Å². The number of nitrogens with two attached hydrogens (primary N) is 1. The molecule has 0 saturated heterocycles. The van der Waals surface area contributed by atoms with Crippen LogP contribution in [0.3, 0.4) is 0 Å². The number of nitrogens with zero attached hydrogens (tertiary/aromatic N) is 1. The van der Waals surface area contributed by atoms with Crippen molar-refractivity contribution >= 4 is 21.7 Å². The zero-order chi connectivity index (χ0) is 10.8. The summed E-state index contributed by atoms with van der Waals surface area (Å²) in [6, 6.07) is 8.78. The van der Waals surface area contributed by atoms with Crippen LogP contribution in [0.5, 0.6) is 5.75 Å². The zero-order valence-corrected chi connectivity index (χ0v) is 9.40. The molecular weight excluding hydrogens is 256 g/mol. The normalized spacial score (nSPS) is 10.2. The van der Waals surface area contributed by atoms with Crippen molar-refractivity contribution in [3.05, 3.63) is 41.0 Å². The Kier molecular flexibility index (Phi) is 2.60. The molecule has 1 aromatic heterocycles. The van der Waals surface area contributed by atoms with Crippen LogP contribution >= 0.6 is 15.9 Å². The molecule has 0 spiro atoms. The first-order chi connectivity index (χ1) is 7.16. The van der Waals surface area contributed by atoms with Gasteiger partial charge >= 0.3 is 0 Å². The van der Waals surface area contributed by atoms with Crippen molar-refractivity contribution in [2.75, 3.05) is 5.73 Å². The molecule has 0 saturated carbocycles. The average Bonchev–Trinajstić information content (AvgIpc) is 2.22. The quantitative estimate of drug-likeness (QED) is 0.833. The summed E-state index contributed by atoms with van der Waals surface area (Å²) in [7, 11) is 0. The van der Waals surface area contributed by atoms with Crippen molar-refractivity contribution in [3.8, 4) is 16.9 Å². The van der Waals surface area contributed by atoms with E-state index >= 15 is 0 Å². The van der Waals surface area contributed by atoms with E-state index in [1.165, 1.54) is 0 Å². The lowest BCUT2D eigenvalue weighted by Gasteiger charge is -2.05. The maximum absolute atomic E-state index is 9.36. The summed E-state index contributed by atoms with van der Waals surface area (Å²) in [6.45, 7) is 0. The summed E-state index contributed by atoms with van der Waals surface area (Å²) in [5, 5.41) is 9.36. The monoisotopic (exact) mass is 264 g/mol. The van der Waals surface area contributed by atoms with E-state index < -0.39 is 0 Å². The molecule has 76 valence electrons. The lowest BCUT2D eigenvalue weighted by atomic mass is 10.1. The number of aromatic hydroxyl groups is 1. The highest BCUT2D eigenvalue weighted by molar-refractivity contribution is 9.10. The van der Waals surface area contributed by atoms with E-state index in [0.29, 0.717) is 5.82 Å². The zero-order valence-electron chi connectivity index (χ0n) is 7.81. The van der Waals surface area contributed by atoms with Gasteiger partial charge in [0.15, 0.2) is 0 Å². The SMILES string of the molecule is Nc1ncc(Br)cc1-c1cccc(O)c1. The predicted molar refractivity (Wildman–Crippen MR) is 63.5 cm³/mol. The second kappa shape index (κ2) is 3.90. The van der Waals surface area contributed by atoms with Crippen molar-refractivity contribution in [2.24, 2.45) is 0 Å². The Morgan fingerprint density at radius 3 is 2.80 bits per heavy atom. The van der Waals surface area contributed by atoms with Crippen LogP contribution in [-0.4, -0.2) is 10.1 Å². The van der Waals surface area contributed by atoms with E-state index in [0.717, 1.165) is 15.6 Å². The van der Waals surface area contributed by atoms with Gasteiger partial charge in [0.25, 0.3) is 0 Å². The molecular formula is C11H9BrN2O. The van der Waals surface area contributed by atoms with Crippen molar-refractivity contribution in [3.63, 3.8) is 0 Å². The van der Waals surface area contributed by atoms with Crippen LogP contribution in [0.2, 0.25) is 0 Å². The van der Waals surface area contributed by atoms with Crippen LogP contribution in [0.25, 0.3) is 11.1 Å². The number of phenols is 1. The molecule has 3 N–H and O–H groups in total. The topological polar surface area (TPSA) is 59.1 Å². The molecule has 0 aliphatic rings. The number of halogens is 1. The molecule has 0 aliphatic heterocycles. The fraction of sp³-hybridized carbons (Fsp3) is 0. The van der Waals surface area contributed by atoms with Gasteiger partial charge in [-0.3, -0.25) is 0 Å². The van der Waals surface area contributed by atoms with Crippen LogP contribution in [0, 0.1) is 0 Å². The Morgan fingerprint density at radius 2 is 2.07 bits per heavy atom. The summed E-state index contributed by atoms with van der Waals surface area (Å²) >= 11 is 3.33. The fourth-order valence-electron chi connectivity index (χ4n) is 1.35. The largest absolute Gasteiger partial charge is 0.508 e. The molecule has 4 heteroatoms. The highest BCUT2D eigenvalue weighted by Gasteiger charge is 2.04. The fourth-order valence-corrected chi connectivity index (χ4v) is 1.69. The van der Waals surface area contributed by atoms with Gasteiger partial charge in [-0.1, -0.05) is 12.1 Å². The van der Waals surface area contributed by atoms with Gasteiger partial charge in [0.1, 0.15) is 11.6 Å². The molecule has 0 fully saturated rings. The summed E-state index contributed by atoms with van der Waals surface area (Å²) in [5.41, 5.74) is 7.41. The van der Waals surface area contributed by atoms with E-state index in [-0.39, 0.29) is 5.75 Å². The Balaban J connectivity index is 2.58. The molecule has 2 rings (SSSR count). The Hall–Kier alpha value is -1.55. The number of pyridine rings is 1. The van der Waals surface area contributed by atoms with Gasteiger partial charge < -0.3 is 10.8 Å².